The first-order valence-corrected chi connectivity index (χ1v) is 16.6. The van der Waals surface area contributed by atoms with Crippen LogP contribution in [-0.4, -0.2) is 51.2 Å². The predicted octanol–water partition coefficient (Wildman–Crippen LogP) is 7.88. The van der Waals surface area contributed by atoms with Crippen LogP contribution in [0.5, 0.6) is 17.2 Å². The van der Waals surface area contributed by atoms with Crippen molar-refractivity contribution in [1.82, 2.24) is 0 Å². The molecule has 3 unspecified atom stereocenters. The number of ether oxygens (including phenoxy) is 3. The Bertz CT molecular complexity index is 1640. The van der Waals surface area contributed by atoms with Crippen molar-refractivity contribution in [3.8, 4) is 17.2 Å². The molecule has 1 aliphatic carbocycles. The highest BCUT2D eigenvalue weighted by molar-refractivity contribution is 6.16. The maximum Gasteiger partial charge on any atom is 0.330 e. The zero-order valence-corrected chi connectivity index (χ0v) is 28.9. The highest BCUT2D eigenvalue weighted by Crippen LogP contribution is 2.58. The van der Waals surface area contributed by atoms with E-state index in [1.54, 1.807) is 12.2 Å². The van der Waals surface area contributed by atoms with Gasteiger partial charge < -0.3 is 29.2 Å². The summed E-state index contributed by atoms with van der Waals surface area (Å²) in [5.41, 5.74) is 1.16. The van der Waals surface area contributed by atoms with E-state index in [0.717, 1.165) is 18.3 Å². The number of carbonyl (C=O) groups excluding carboxylic acids is 2. The van der Waals surface area contributed by atoms with Gasteiger partial charge in [0.2, 0.25) is 0 Å². The van der Waals surface area contributed by atoms with Crippen molar-refractivity contribution in [3.05, 3.63) is 69.4 Å². The van der Waals surface area contributed by atoms with Gasteiger partial charge in [0.15, 0.2) is 11.4 Å². The van der Waals surface area contributed by atoms with E-state index in [1.165, 1.54) is 12.5 Å². The molecule has 0 radical (unpaired) electrons. The van der Waals surface area contributed by atoms with Gasteiger partial charge in [0.05, 0.1) is 11.2 Å². The van der Waals surface area contributed by atoms with Crippen molar-refractivity contribution < 1.29 is 38.8 Å². The van der Waals surface area contributed by atoms with Crippen molar-refractivity contribution in [2.24, 2.45) is 11.8 Å². The lowest BCUT2D eigenvalue weighted by Crippen LogP contribution is -2.62. The number of carbonyl (C=O) groups is 3. The molecular formula is C39H48O8. The second kappa shape index (κ2) is 12.6. The topological polar surface area (TPSA) is 119 Å². The average molecular weight is 645 g/mol. The van der Waals surface area contributed by atoms with Gasteiger partial charge in [-0.2, -0.15) is 0 Å². The molecule has 3 aliphatic heterocycles. The first-order chi connectivity index (χ1) is 22.0. The van der Waals surface area contributed by atoms with Gasteiger partial charge in [-0.15, -0.1) is 0 Å². The maximum atomic E-state index is 14.8. The Morgan fingerprint density at radius 2 is 1.72 bits per heavy atom. The molecule has 0 aromatic heterocycles. The zero-order valence-electron chi connectivity index (χ0n) is 28.9. The number of phenolic OH excluding ortho intramolecular Hbond substituents is 1. The number of benzene rings is 1. The molecule has 8 heteroatoms. The Kier molecular flexibility index (Phi) is 9.23. The van der Waals surface area contributed by atoms with Crippen LogP contribution in [0.2, 0.25) is 0 Å². The van der Waals surface area contributed by atoms with Crippen molar-refractivity contribution >= 4 is 24.1 Å². The molecule has 3 heterocycles. The van der Waals surface area contributed by atoms with E-state index in [2.05, 4.69) is 19.9 Å². The summed E-state index contributed by atoms with van der Waals surface area (Å²) in [4.78, 5) is 38.9. The van der Waals surface area contributed by atoms with Crippen molar-refractivity contribution in [3.63, 3.8) is 0 Å². The van der Waals surface area contributed by atoms with Gasteiger partial charge in [-0.25, -0.2) is 4.79 Å². The number of carboxylic acids is 1. The number of allylic oxidation sites excluding steroid dienone is 5. The largest absolute Gasteiger partial charge is 0.506 e. The molecule has 47 heavy (non-hydrogen) atoms. The number of aldehydes is 1. The summed E-state index contributed by atoms with van der Waals surface area (Å²) in [6, 6.07) is 0. The Morgan fingerprint density at radius 3 is 2.36 bits per heavy atom. The number of carboxylic acid groups (broad SMARTS) is 1. The van der Waals surface area contributed by atoms with Crippen LogP contribution in [0, 0.1) is 11.8 Å². The summed E-state index contributed by atoms with van der Waals surface area (Å²) in [5, 5.41) is 21.4. The number of hydrogen-bond acceptors (Lipinski definition) is 7. The fourth-order valence-corrected chi connectivity index (χ4v) is 7.32. The van der Waals surface area contributed by atoms with Crippen LogP contribution in [0.15, 0.2) is 52.7 Å². The third kappa shape index (κ3) is 6.37. The molecule has 1 aromatic rings. The van der Waals surface area contributed by atoms with E-state index in [4.69, 9.17) is 14.2 Å². The third-order valence-electron chi connectivity index (χ3n) is 10.2. The molecule has 2 bridgehead atoms. The van der Waals surface area contributed by atoms with Crippen molar-refractivity contribution in [2.75, 3.05) is 0 Å². The first kappa shape index (κ1) is 34.4. The highest BCUT2D eigenvalue weighted by Gasteiger charge is 2.61. The van der Waals surface area contributed by atoms with Crippen LogP contribution < -0.4 is 9.47 Å². The van der Waals surface area contributed by atoms with E-state index < -0.39 is 40.6 Å². The molecule has 1 spiro atoms. The molecule has 5 rings (SSSR count). The van der Waals surface area contributed by atoms with E-state index in [1.807, 2.05) is 52.8 Å². The van der Waals surface area contributed by atoms with Crippen LogP contribution in [0.3, 0.4) is 0 Å². The maximum absolute atomic E-state index is 14.8. The molecule has 1 fully saturated rings. The van der Waals surface area contributed by atoms with E-state index >= 15 is 0 Å². The Hall–Kier alpha value is -3.91. The number of Topliss-reactive ketones (excluding diaryl/α,β-unsaturated/α-hetero) is 1. The summed E-state index contributed by atoms with van der Waals surface area (Å²) >= 11 is 0. The van der Waals surface area contributed by atoms with Gasteiger partial charge in [-0.3, -0.25) is 4.79 Å². The quantitative estimate of drug-likeness (QED) is 0.158. The number of fused-ring (bicyclic) bond motifs is 3. The standard InChI is InChI=1S/C39H48O8/c1-22(2)10-9-16-38(8)17-15-27-32(41)31-33(42)29-19-25(21-40)18-26-20-39(29,30(45-37(26,6)7)14-12-24(5)36(43)44)47-35(31)28(34(27)46-38)13-11-23(3)4/h10-12,15,17,19,21,25-26,30,41H,9,13-14,16,18,20H2,1-8H3,(H,43,44)/b24-12-/t25?,26?,30?,38-,39-/m0/s1. The minimum absolute atomic E-state index is 0.0446. The fourth-order valence-electron chi connectivity index (χ4n) is 7.32. The summed E-state index contributed by atoms with van der Waals surface area (Å²) in [6.45, 7) is 15.6. The molecule has 0 saturated carbocycles. The molecule has 1 aromatic carbocycles. The summed E-state index contributed by atoms with van der Waals surface area (Å²) in [6.07, 6.45) is 14.3. The second-order valence-electron chi connectivity index (χ2n) is 14.8. The zero-order chi connectivity index (χ0) is 34.5. The molecular weight excluding hydrogens is 596 g/mol. The van der Waals surface area contributed by atoms with Crippen LogP contribution in [0.4, 0.5) is 0 Å². The van der Waals surface area contributed by atoms with Crippen LogP contribution in [0.1, 0.15) is 109 Å². The van der Waals surface area contributed by atoms with E-state index in [9.17, 15) is 24.6 Å². The normalized spacial score (nSPS) is 28.7. The van der Waals surface area contributed by atoms with Crippen LogP contribution >= 0.6 is 0 Å². The number of aliphatic carboxylic acids is 1. The number of hydrogen-bond donors (Lipinski definition) is 2. The van der Waals surface area contributed by atoms with Gasteiger partial charge in [0.25, 0.3) is 0 Å². The lowest BCUT2D eigenvalue weighted by atomic mass is 9.68. The SMILES string of the molecule is CC(C)=CCC[C@@]1(C)C=Cc2c(O)c3c(c(CC=C(C)C)c2O1)O[C@@]12CC(CC(C=O)C=C1C3=O)C(C)(C)OC2C/C=C(/C)C(=O)O. The van der Waals surface area contributed by atoms with E-state index in [-0.39, 0.29) is 40.5 Å². The van der Waals surface area contributed by atoms with Crippen LogP contribution in [0.25, 0.3) is 6.08 Å². The van der Waals surface area contributed by atoms with Gasteiger partial charge in [0.1, 0.15) is 40.8 Å². The molecule has 1 saturated heterocycles. The fraction of sp³-hybridized carbons (Fsp3) is 0.513. The number of ketones is 1. The summed E-state index contributed by atoms with van der Waals surface area (Å²) in [7, 11) is 0. The van der Waals surface area contributed by atoms with Gasteiger partial charge in [-0.1, -0.05) is 35.5 Å². The Labute approximate surface area is 277 Å². The summed E-state index contributed by atoms with van der Waals surface area (Å²) < 4.78 is 20.6. The van der Waals surface area contributed by atoms with E-state index in [0.29, 0.717) is 42.6 Å². The van der Waals surface area contributed by atoms with Gasteiger partial charge >= 0.3 is 5.97 Å². The van der Waals surface area contributed by atoms with Gasteiger partial charge in [-0.05, 0) is 112 Å². The molecule has 4 aliphatic rings. The average Bonchev–Trinajstić information content (AvgIpc) is 3.14. The smallest absolute Gasteiger partial charge is 0.330 e. The van der Waals surface area contributed by atoms with Crippen molar-refractivity contribution in [1.29, 1.82) is 0 Å². The molecule has 0 amide bonds. The highest BCUT2D eigenvalue weighted by atomic mass is 16.6. The molecule has 8 nitrogen and oxygen atoms in total. The molecule has 2 N–H and O–H groups in total. The monoisotopic (exact) mass is 644 g/mol. The number of rotatable bonds is 9. The minimum Gasteiger partial charge on any atom is -0.506 e. The van der Waals surface area contributed by atoms with Crippen molar-refractivity contribution in [2.45, 2.75) is 117 Å². The lowest BCUT2D eigenvalue weighted by molar-refractivity contribution is -0.210. The molecule has 5 atom stereocenters. The Morgan fingerprint density at radius 1 is 1.02 bits per heavy atom. The summed E-state index contributed by atoms with van der Waals surface area (Å²) in [5.74, 6) is -1.67. The first-order valence-electron chi connectivity index (χ1n) is 16.6. The minimum atomic E-state index is -1.32. The number of aromatic hydroxyl groups is 1. The van der Waals surface area contributed by atoms with Gasteiger partial charge in [0, 0.05) is 22.6 Å². The molecule has 252 valence electrons. The third-order valence-corrected chi connectivity index (χ3v) is 10.2. The lowest BCUT2D eigenvalue weighted by Gasteiger charge is -2.54. The Balaban J connectivity index is 1.74. The van der Waals surface area contributed by atoms with Crippen LogP contribution in [-0.2, 0) is 20.7 Å². The second-order valence-corrected chi connectivity index (χ2v) is 14.8. The number of phenols is 1. The predicted molar refractivity (Wildman–Crippen MR) is 181 cm³/mol.